The standard InChI is InChI=1S/C24H24ClF5NO3S/c1-14-10-19(15-5-6-15)22(12-21(14)27)34-17-4-3-9-31(13-17,35(2,32)33)23(24(28,29)30)18-8-7-16(26)11-20(18)25/h1,7-8,10-12,15,17,23H,3-6,9,13H2,2H3/q+1/t17-,23+,31?/m1/s1. The van der Waals surface area contributed by atoms with Gasteiger partial charge in [-0.1, -0.05) is 11.6 Å². The molecule has 2 aliphatic rings. The summed E-state index contributed by atoms with van der Waals surface area (Å²) in [7, 11) is -4.41. The zero-order chi connectivity index (χ0) is 25.8. The third-order valence-corrected chi connectivity index (χ3v) is 8.90. The summed E-state index contributed by atoms with van der Waals surface area (Å²) in [5, 5.41) is -0.520. The van der Waals surface area contributed by atoms with Gasteiger partial charge in [-0.2, -0.15) is 21.6 Å². The van der Waals surface area contributed by atoms with Crippen LogP contribution >= 0.6 is 11.6 Å². The lowest BCUT2D eigenvalue weighted by Gasteiger charge is -2.47. The number of nitrogens with zero attached hydrogens (tertiary/aromatic N) is 1. The van der Waals surface area contributed by atoms with Crippen LogP contribution in [0.5, 0.6) is 5.75 Å². The zero-order valence-electron chi connectivity index (χ0n) is 18.8. The van der Waals surface area contributed by atoms with E-state index in [0.29, 0.717) is 5.56 Å². The Bertz CT molecular complexity index is 1230. The van der Waals surface area contributed by atoms with Crippen molar-refractivity contribution in [1.29, 1.82) is 0 Å². The highest BCUT2D eigenvalue weighted by atomic mass is 35.5. The average Bonchev–Trinajstić information content (AvgIpc) is 3.56. The number of quaternary nitrogens is 1. The number of sulfonamides is 1. The third-order valence-electron chi connectivity index (χ3n) is 6.71. The van der Waals surface area contributed by atoms with E-state index in [9.17, 15) is 30.4 Å². The van der Waals surface area contributed by atoms with Crippen LogP contribution in [0.15, 0.2) is 30.3 Å². The molecule has 4 rings (SSSR count). The van der Waals surface area contributed by atoms with Gasteiger partial charge in [-0.15, -0.1) is 0 Å². The van der Waals surface area contributed by atoms with Gasteiger partial charge in [0.1, 0.15) is 30.0 Å². The van der Waals surface area contributed by atoms with Crippen molar-refractivity contribution < 1.29 is 39.0 Å². The van der Waals surface area contributed by atoms with E-state index in [4.69, 9.17) is 23.3 Å². The molecule has 1 saturated carbocycles. The summed E-state index contributed by atoms with van der Waals surface area (Å²) in [4.78, 5) is 0. The van der Waals surface area contributed by atoms with Crippen molar-refractivity contribution in [3.8, 4) is 5.75 Å². The molecule has 0 bridgehead atoms. The molecule has 0 aromatic heterocycles. The summed E-state index contributed by atoms with van der Waals surface area (Å²) in [6, 6.07) is 2.40. The molecule has 3 atom stereocenters. The minimum absolute atomic E-state index is 0.0627. The van der Waals surface area contributed by atoms with Gasteiger partial charge >= 0.3 is 6.18 Å². The molecule has 0 spiro atoms. The molecule has 11 heteroatoms. The van der Waals surface area contributed by atoms with Gasteiger partial charge in [0, 0.05) is 25.0 Å². The first-order chi connectivity index (χ1) is 16.2. The number of hydrogen-bond donors (Lipinski definition) is 0. The van der Waals surface area contributed by atoms with Gasteiger partial charge in [-0.3, -0.25) is 0 Å². The Kier molecular flexibility index (Phi) is 6.87. The molecule has 190 valence electrons. The SMILES string of the molecule is [CH]c1cc(C2CC2)c(O[C@@H]2CCC[N+]([C@@H](c3ccc(F)cc3Cl)C(F)(F)F)(S(C)(=O)=O)C2)cc1F. The van der Waals surface area contributed by atoms with Crippen LogP contribution in [0.4, 0.5) is 22.0 Å². The van der Waals surface area contributed by atoms with Crippen molar-refractivity contribution in [3.05, 3.63) is 70.6 Å². The smallest absolute Gasteiger partial charge is 0.447 e. The highest BCUT2D eigenvalue weighted by Crippen LogP contribution is 2.49. The van der Waals surface area contributed by atoms with Crippen molar-refractivity contribution in [1.82, 2.24) is 0 Å². The summed E-state index contributed by atoms with van der Waals surface area (Å²) in [6.45, 7) is 4.79. The summed E-state index contributed by atoms with van der Waals surface area (Å²) in [5.74, 6) is -1.31. The van der Waals surface area contributed by atoms with Gasteiger partial charge < -0.3 is 4.74 Å². The molecule has 1 heterocycles. The summed E-state index contributed by atoms with van der Waals surface area (Å²) in [5.41, 5.74) is 0.0527. The van der Waals surface area contributed by atoms with Gasteiger partial charge in [-0.25, -0.2) is 12.7 Å². The number of piperidine rings is 1. The minimum atomic E-state index is -5.03. The van der Waals surface area contributed by atoms with Gasteiger partial charge in [0.25, 0.3) is 10.0 Å². The monoisotopic (exact) mass is 536 g/mol. The quantitative estimate of drug-likeness (QED) is 0.327. The number of halogens is 6. The second-order valence-corrected chi connectivity index (χ2v) is 11.9. The molecule has 0 amide bonds. The van der Waals surface area contributed by atoms with Gasteiger partial charge in [0.2, 0.25) is 6.04 Å². The number of likely N-dealkylation sites (tertiary alicyclic amines) is 1. The minimum Gasteiger partial charge on any atom is -0.484 e. The Balaban J connectivity index is 1.77. The first kappa shape index (κ1) is 26.2. The van der Waals surface area contributed by atoms with Crippen molar-refractivity contribution in [2.24, 2.45) is 0 Å². The summed E-state index contributed by atoms with van der Waals surface area (Å²) >= 11 is 5.99. The highest BCUT2D eigenvalue weighted by molar-refractivity contribution is 7.85. The van der Waals surface area contributed by atoms with E-state index in [1.54, 1.807) is 0 Å². The molecular weight excluding hydrogens is 513 g/mol. The first-order valence-electron chi connectivity index (χ1n) is 11.1. The van der Waals surface area contributed by atoms with Crippen LogP contribution in [-0.2, 0) is 10.0 Å². The van der Waals surface area contributed by atoms with Gasteiger partial charge in [0.05, 0.1) is 17.8 Å². The molecule has 2 aromatic rings. The lowest BCUT2D eigenvalue weighted by atomic mass is 9.99. The fourth-order valence-corrected chi connectivity index (χ4v) is 6.73. The maximum absolute atomic E-state index is 14.5. The number of alkyl halides is 3. The van der Waals surface area contributed by atoms with Crippen LogP contribution in [0.25, 0.3) is 0 Å². The van der Waals surface area contributed by atoms with Gasteiger partial charge in [0.15, 0.2) is 0 Å². The lowest BCUT2D eigenvalue weighted by Crippen LogP contribution is -2.64. The molecule has 2 fully saturated rings. The molecule has 4 nitrogen and oxygen atoms in total. The van der Waals surface area contributed by atoms with Crippen LogP contribution in [-0.4, -0.2) is 43.9 Å². The van der Waals surface area contributed by atoms with Crippen LogP contribution in [0.3, 0.4) is 0 Å². The average molecular weight is 537 g/mol. The van der Waals surface area contributed by atoms with Crippen LogP contribution in [0, 0.1) is 18.6 Å². The van der Waals surface area contributed by atoms with E-state index >= 15 is 0 Å². The summed E-state index contributed by atoms with van der Waals surface area (Å²) < 4.78 is 102. The normalized spacial score (nSPS) is 24.3. The Morgan fingerprint density at radius 3 is 2.40 bits per heavy atom. The maximum atomic E-state index is 14.5. The van der Waals surface area contributed by atoms with E-state index in [2.05, 4.69) is 0 Å². The van der Waals surface area contributed by atoms with Crippen molar-refractivity contribution in [2.45, 2.75) is 49.9 Å². The van der Waals surface area contributed by atoms with Crippen molar-refractivity contribution >= 4 is 21.6 Å². The van der Waals surface area contributed by atoms with Crippen molar-refractivity contribution in [2.75, 3.05) is 19.3 Å². The molecule has 2 radical (unpaired) electrons. The van der Waals surface area contributed by atoms with Crippen LogP contribution in [0.1, 0.15) is 54.3 Å². The Hall–Kier alpha value is -1.91. The van der Waals surface area contributed by atoms with E-state index in [1.807, 2.05) is 0 Å². The molecule has 1 aliphatic heterocycles. The van der Waals surface area contributed by atoms with E-state index in [0.717, 1.165) is 43.4 Å². The molecule has 1 aliphatic carbocycles. The van der Waals surface area contributed by atoms with E-state index < -0.39 is 61.0 Å². The van der Waals surface area contributed by atoms with Crippen molar-refractivity contribution in [3.63, 3.8) is 0 Å². The number of benzene rings is 2. The predicted octanol–water partition coefficient (Wildman–Crippen LogP) is 6.18. The van der Waals surface area contributed by atoms with Gasteiger partial charge in [-0.05, 0) is 60.6 Å². The molecule has 1 unspecified atom stereocenters. The second-order valence-electron chi connectivity index (χ2n) is 9.27. The van der Waals surface area contributed by atoms with Crippen LogP contribution < -0.4 is 4.74 Å². The highest BCUT2D eigenvalue weighted by Gasteiger charge is 2.62. The lowest BCUT2D eigenvalue weighted by molar-refractivity contribution is -0.862. The topological polar surface area (TPSA) is 43.4 Å². The molecule has 1 saturated heterocycles. The number of ether oxygens (including phenoxy) is 1. The largest absolute Gasteiger partial charge is 0.484 e. The molecule has 35 heavy (non-hydrogen) atoms. The third kappa shape index (κ3) is 5.15. The van der Waals surface area contributed by atoms with Crippen LogP contribution in [0.2, 0.25) is 5.02 Å². The molecule has 0 N–H and O–H groups in total. The predicted molar refractivity (Wildman–Crippen MR) is 120 cm³/mol. The van der Waals surface area contributed by atoms with E-state index in [1.165, 1.54) is 6.07 Å². The second kappa shape index (κ2) is 9.19. The molecule has 2 aromatic carbocycles. The fourth-order valence-electron chi connectivity index (χ4n) is 4.94. The fraction of sp³-hybridized carbons (Fsp3) is 0.458. The van der Waals surface area contributed by atoms with E-state index in [-0.39, 0.29) is 36.6 Å². The first-order valence-corrected chi connectivity index (χ1v) is 13.3. The number of rotatable bonds is 6. The Morgan fingerprint density at radius 2 is 1.83 bits per heavy atom. The Morgan fingerprint density at radius 1 is 1.14 bits per heavy atom. The number of hydrogen-bond acceptors (Lipinski definition) is 3. The molecular formula is C24H24ClF5NO3S+. The summed E-state index contributed by atoms with van der Waals surface area (Å²) in [6.07, 6.45) is -3.19. The maximum Gasteiger partial charge on any atom is 0.447 e. The Labute approximate surface area is 206 Å². The zero-order valence-corrected chi connectivity index (χ0v) is 20.4.